The molecule has 0 aromatic carbocycles. The molecule has 23 heteroatoms. The number of hydrogen-bond acceptors (Lipinski definition) is 14. The topological polar surface area (TPSA) is 182 Å². The summed E-state index contributed by atoms with van der Waals surface area (Å²) in [5.74, 6) is 0. The molecule has 0 saturated carbocycles. The van der Waals surface area contributed by atoms with Crippen LogP contribution in [0, 0.1) is 0 Å². The van der Waals surface area contributed by atoms with E-state index in [1.54, 1.807) is 0 Å². The second kappa shape index (κ2) is 52.7. The zero-order chi connectivity index (χ0) is 25.0. The van der Waals surface area contributed by atoms with Crippen LogP contribution in [-0.2, 0) is 109 Å². The first kappa shape index (κ1) is 58.1. The molecule has 0 rings (SSSR count). The molecule has 0 heterocycles. The van der Waals surface area contributed by atoms with Crippen LogP contribution < -0.4 is 40.1 Å². The maximum atomic E-state index is 4.66. The summed E-state index contributed by atoms with van der Waals surface area (Å²) < 4.78 is 0.583. The van der Waals surface area contributed by atoms with Crippen LogP contribution in [0.1, 0.15) is 0 Å². The maximum Gasteiger partial charge on any atom is 4.00 e. The van der Waals surface area contributed by atoms with Gasteiger partial charge >= 0.3 is 31.0 Å². The first-order valence-electron chi connectivity index (χ1n) is 4.88. The van der Waals surface area contributed by atoms with Crippen LogP contribution >= 0.6 is 95.4 Å². The smallest absolute Gasteiger partial charge is 0.415 e. The van der Waals surface area contributed by atoms with Gasteiger partial charge < -0.3 is 214 Å². The molecule has 2 radical (unpaired) electrons. The Labute approximate surface area is 271 Å². The van der Waals surface area contributed by atoms with E-state index in [9.17, 15) is 0 Å². The standard InChI is InChI=1S/7CH3NS2.Mo.P/c7*2-1(3)4;;/h7*(H3,2,3,4);;/q;;;;;;;+4;+3/p-7. The van der Waals surface area contributed by atoms with E-state index in [1.807, 2.05) is 0 Å². The second-order valence-corrected chi connectivity index (χ2v) is 10.2. The van der Waals surface area contributed by atoms with Crippen LogP contribution in [0.2, 0.25) is 0 Å². The fraction of sp³-hybridized carbons (Fsp3) is 0. The Morgan fingerprint density at radius 3 is 0.333 bits per heavy atom. The summed E-state index contributed by atoms with van der Waals surface area (Å²) in [4.78, 5) is 0. The summed E-state index contributed by atoms with van der Waals surface area (Å²) in [7, 11) is 0. The van der Waals surface area contributed by atoms with Crippen LogP contribution in [0.3, 0.4) is 0 Å². The Kier molecular flexibility index (Phi) is 102. The van der Waals surface area contributed by atoms with E-state index < -0.39 is 0 Å². The summed E-state index contributed by atoms with van der Waals surface area (Å²) in [6.07, 6.45) is 0. The molecule has 0 bridgehead atoms. The summed E-state index contributed by atoms with van der Waals surface area (Å²) in [6, 6.07) is 0. The fourth-order valence-corrected chi connectivity index (χ4v) is 0. The second-order valence-electron chi connectivity index (χ2n) is 2.23. The van der Waals surface area contributed by atoms with Gasteiger partial charge in [-0.1, -0.05) is 30.2 Å². The number of thiocarbonyl (C=S) groups is 7. The van der Waals surface area contributed by atoms with Gasteiger partial charge in [0.25, 0.3) is 0 Å². The van der Waals surface area contributed by atoms with Gasteiger partial charge in [0.1, 0.15) is 0 Å². The van der Waals surface area contributed by atoms with Crippen LogP contribution in [0.25, 0.3) is 0 Å². The summed E-state index contributed by atoms with van der Waals surface area (Å²) in [6.45, 7) is 0. The Morgan fingerprint density at radius 1 is 0.333 bits per heavy atom. The van der Waals surface area contributed by atoms with Crippen molar-refractivity contribution in [3.8, 4) is 0 Å². The fourth-order valence-electron chi connectivity index (χ4n) is 0. The average Bonchev–Trinajstić information content (AvgIpc) is 2.20. The van der Waals surface area contributed by atoms with Gasteiger partial charge in [-0.05, 0) is 0 Å². The molecular formula is C7H14MoN7PS14. The van der Waals surface area contributed by atoms with Gasteiger partial charge in [0.05, 0.1) is 0 Å². The Balaban J connectivity index is -0.0000000242. The van der Waals surface area contributed by atoms with E-state index in [4.69, 9.17) is 0 Å². The van der Waals surface area contributed by atoms with Crippen molar-refractivity contribution in [1.82, 2.24) is 0 Å². The van der Waals surface area contributed by atoms with Gasteiger partial charge in [-0.3, -0.25) is 0 Å². The third kappa shape index (κ3) is 7000. The van der Waals surface area contributed by atoms with Crippen molar-refractivity contribution in [2.45, 2.75) is 0 Å². The molecule has 0 aliphatic rings. The van der Waals surface area contributed by atoms with Gasteiger partial charge in [0.15, 0.2) is 0 Å². The molecule has 0 aliphatic heterocycles. The molecule has 0 aliphatic carbocycles. The molecule has 0 saturated heterocycles. The summed E-state index contributed by atoms with van der Waals surface area (Å²) >= 11 is 57.8. The molecule has 0 spiro atoms. The van der Waals surface area contributed by atoms with Crippen LogP contribution in [0.15, 0.2) is 0 Å². The molecule has 0 unspecified atom stereocenters. The SMILES string of the molecule is NC(=S)[S-].NC(=S)[S-].NC(=S)[S-].NC(=S)[S-].NC(=S)[S-].NC(=S)[S-].NC(=S)[S-].[Mo+4].[P+3]. The van der Waals surface area contributed by atoms with E-state index >= 15 is 0 Å². The van der Waals surface area contributed by atoms with Crippen LogP contribution in [-0.4, -0.2) is 30.2 Å². The average molecular weight is 772 g/mol. The van der Waals surface area contributed by atoms with E-state index in [1.165, 1.54) is 0 Å². The van der Waals surface area contributed by atoms with Crippen LogP contribution in [0.5, 0.6) is 0 Å². The van der Waals surface area contributed by atoms with Gasteiger partial charge in [0, 0.05) is 0 Å². The quantitative estimate of drug-likeness (QED) is 0.0710. The maximum absolute atomic E-state index is 4.66. The normalized spacial score (nSPS) is 5.60. The van der Waals surface area contributed by atoms with Crippen molar-refractivity contribution in [3.63, 3.8) is 0 Å². The number of nitrogens with two attached hydrogens (primary N) is 7. The van der Waals surface area contributed by atoms with E-state index in [-0.39, 0.29) is 61.2 Å². The summed E-state index contributed by atoms with van der Waals surface area (Å²) in [5.41, 5.74) is 32.6. The van der Waals surface area contributed by atoms with E-state index in [0.29, 0.717) is 0 Å². The molecule has 14 N–H and O–H groups in total. The first-order chi connectivity index (χ1) is 12.1. The van der Waals surface area contributed by atoms with Gasteiger partial charge in [-0.2, -0.15) is 0 Å². The Bertz CT molecular complexity index is 334. The first-order valence-corrected chi connectivity index (χ1v) is 10.6. The van der Waals surface area contributed by atoms with Crippen molar-refractivity contribution in [2.75, 3.05) is 0 Å². The molecule has 0 aromatic heterocycles. The molecule has 7 nitrogen and oxygen atoms in total. The minimum absolute atomic E-state index is 0. The molecule has 30 heavy (non-hydrogen) atoms. The van der Waals surface area contributed by atoms with Gasteiger partial charge in [-0.15, -0.1) is 0 Å². The van der Waals surface area contributed by atoms with E-state index in [0.717, 1.165) is 0 Å². The molecule has 0 amide bonds. The minimum atomic E-state index is 0. The molecule has 172 valence electrons. The van der Waals surface area contributed by atoms with Crippen molar-refractivity contribution >= 4 is 214 Å². The predicted molar refractivity (Wildman–Crippen MR) is 176 cm³/mol. The van der Waals surface area contributed by atoms with Gasteiger partial charge in [0.2, 0.25) is 0 Å². The van der Waals surface area contributed by atoms with Crippen molar-refractivity contribution in [1.29, 1.82) is 0 Å². The number of hydrogen-bond donors (Lipinski definition) is 7. The molecule has 0 atom stereocenters. The monoisotopic (exact) mass is 773 g/mol. The Morgan fingerprint density at radius 2 is 0.333 bits per heavy atom. The third-order valence-electron chi connectivity index (χ3n) is 0. The van der Waals surface area contributed by atoms with E-state index in [2.05, 4.69) is 214 Å². The number of rotatable bonds is 0. The minimum Gasteiger partial charge on any atom is -0.415 e. The third-order valence-corrected chi connectivity index (χ3v) is 0. The van der Waals surface area contributed by atoms with Crippen molar-refractivity contribution in [3.05, 3.63) is 0 Å². The van der Waals surface area contributed by atoms with Gasteiger partial charge in [-0.25, -0.2) is 0 Å². The summed E-state index contributed by atoms with van der Waals surface area (Å²) in [5, 5.41) is 0. The molecule has 0 aromatic rings. The largest absolute Gasteiger partial charge is 4.00 e. The zero-order valence-electron chi connectivity index (χ0n) is 14.1. The van der Waals surface area contributed by atoms with Crippen LogP contribution in [0.4, 0.5) is 0 Å². The Hall–Kier alpha value is 1.89. The van der Waals surface area contributed by atoms with Crippen molar-refractivity contribution in [2.24, 2.45) is 40.1 Å². The molecule has 0 fully saturated rings. The molecular weight excluding hydrogens is 758 g/mol. The zero-order valence-corrected chi connectivity index (χ0v) is 28.4. The predicted octanol–water partition coefficient (Wildman–Crippen LogP) is -0.703. The van der Waals surface area contributed by atoms with Crippen molar-refractivity contribution < 1.29 is 21.1 Å².